The molecule has 0 spiro atoms. The standard InChI is InChI=1S/C11H11ClN2O9/c12-4-2-14(9(16)13-8(4)15)7-1-5(23-11(19)20)6(22-7)3-21-10(17)18/h2,5-7H,1,3H2,(H,17,18)(H,19,20)(H,13,15,16)/t5-,6+,7+/m0/s1. The summed E-state index contributed by atoms with van der Waals surface area (Å²) < 4.78 is 15.3. The fourth-order valence-corrected chi connectivity index (χ4v) is 2.26. The van der Waals surface area contributed by atoms with Gasteiger partial charge in [0.05, 0.1) is 0 Å². The zero-order valence-electron chi connectivity index (χ0n) is 11.3. The highest BCUT2D eigenvalue weighted by Crippen LogP contribution is 2.30. The van der Waals surface area contributed by atoms with Crippen LogP contribution in [0.15, 0.2) is 15.8 Å². The first-order chi connectivity index (χ1) is 10.8. The van der Waals surface area contributed by atoms with E-state index in [-0.39, 0.29) is 11.4 Å². The Bertz CT molecular complexity index is 727. The van der Waals surface area contributed by atoms with E-state index in [1.807, 2.05) is 4.98 Å². The minimum Gasteiger partial charge on any atom is -0.450 e. The van der Waals surface area contributed by atoms with Gasteiger partial charge >= 0.3 is 18.0 Å². The third-order valence-corrected chi connectivity index (χ3v) is 3.31. The fraction of sp³-hybridized carbons (Fsp3) is 0.455. The van der Waals surface area contributed by atoms with Crippen LogP contribution in [0.3, 0.4) is 0 Å². The van der Waals surface area contributed by atoms with Gasteiger partial charge in [-0.25, -0.2) is 14.4 Å². The number of hydrogen-bond acceptors (Lipinski definition) is 7. The maximum Gasteiger partial charge on any atom is 0.506 e. The van der Waals surface area contributed by atoms with E-state index in [1.165, 1.54) is 0 Å². The average molecular weight is 351 g/mol. The normalized spacial score (nSPS) is 23.4. The highest BCUT2D eigenvalue weighted by molar-refractivity contribution is 6.30. The average Bonchev–Trinajstić information content (AvgIpc) is 2.82. The summed E-state index contributed by atoms with van der Waals surface area (Å²) in [5.41, 5.74) is -1.60. The molecule has 0 amide bonds. The van der Waals surface area contributed by atoms with Crippen LogP contribution in [0.1, 0.15) is 12.6 Å². The zero-order chi connectivity index (χ0) is 17.1. The summed E-state index contributed by atoms with van der Waals surface area (Å²) in [5.74, 6) is 0. The number of aromatic nitrogens is 2. The Kier molecular flexibility index (Phi) is 4.91. The molecule has 11 nitrogen and oxygen atoms in total. The lowest BCUT2D eigenvalue weighted by molar-refractivity contribution is -0.0612. The summed E-state index contributed by atoms with van der Waals surface area (Å²) in [7, 11) is 0. The second-order valence-electron chi connectivity index (χ2n) is 4.51. The Balaban J connectivity index is 2.23. The van der Waals surface area contributed by atoms with Crippen LogP contribution in [-0.4, -0.2) is 50.9 Å². The van der Waals surface area contributed by atoms with Crippen molar-refractivity contribution in [3.8, 4) is 0 Å². The zero-order valence-corrected chi connectivity index (χ0v) is 12.1. The van der Waals surface area contributed by atoms with Crippen molar-refractivity contribution in [3.63, 3.8) is 0 Å². The molecule has 1 aliphatic rings. The molecule has 2 heterocycles. The number of hydrogen-bond donors (Lipinski definition) is 3. The van der Waals surface area contributed by atoms with Crippen molar-refractivity contribution in [2.24, 2.45) is 0 Å². The molecule has 2 rings (SSSR count). The Morgan fingerprint density at radius 2 is 2.09 bits per heavy atom. The number of aromatic amines is 1. The van der Waals surface area contributed by atoms with E-state index in [2.05, 4.69) is 9.47 Å². The summed E-state index contributed by atoms with van der Waals surface area (Å²) in [6.07, 6.45) is -5.35. The van der Waals surface area contributed by atoms with Gasteiger partial charge in [-0.1, -0.05) is 11.6 Å². The van der Waals surface area contributed by atoms with Crippen LogP contribution in [0.25, 0.3) is 0 Å². The third-order valence-electron chi connectivity index (χ3n) is 3.04. The summed E-state index contributed by atoms with van der Waals surface area (Å²) in [6.45, 7) is -0.490. The molecular formula is C11H11ClN2O9. The maximum atomic E-state index is 11.8. The van der Waals surface area contributed by atoms with Gasteiger partial charge in [-0.15, -0.1) is 0 Å². The predicted octanol–water partition coefficient (Wildman–Crippen LogP) is 0.235. The molecule has 0 bridgehead atoms. The monoisotopic (exact) mass is 350 g/mol. The Labute approximate surface area is 132 Å². The van der Waals surface area contributed by atoms with Gasteiger partial charge in [0.2, 0.25) is 0 Å². The fourth-order valence-electron chi connectivity index (χ4n) is 2.10. The van der Waals surface area contributed by atoms with Crippen LogP contribution in [0.5, 0.6) is 0 Å². The molecule has 0 unspecified atom stereocenters. The largest absolute Gasteiger partial charge is 0.506 e. The number of nitrogens with zero attached hydrogens (tertiary/aromatic N) is 1. The van der Waals surface area contributed by atoms with E-state index < -0.39 is 48.6 Å². The van der Waals surface area contributed by atoms with Crippen LogP contribution in [0.4, 0.5) is 9.59 Å². The van der Waals surface area contributed by atoms with E-state index in [4.69, 9.17) is 26.6 Å². The molecule has 0 aliphatic carbocycles. The molecule has 3 N–H and O–H groups in total. The summed E-state index contributed by atoms with van der Waals surface area (Å²) in [4.78, 5) is 46.1. The van der Waals surface area contributed by atoms with Gasteiger partial charge in [-0.05, 0) is 0 Å². The molecule has 1 aliphatic heterocycles. The number of ether oxygens (including phenoxy) is 3. The first-order valence-electron chi connectivity index (χ1n) is 6.19. The summed E-state index contributed by atoms with van der Waals surface area (Å²) in [6, 6.07) is 0. The summed E-state index contributed by atoms with van der Waals surface area (Å²) >= 11 is 5.64. The van der Waals surface area contributed by atoms with Crippen LogP contribution in [0, 0.1) is 0 Å². The molecule has 12 heteroatoms. The molecule has 0 saturated carbocycles. The van der Waals surface area contributed by atoms with E-state index in [0.29, 0.717) is 0 Å². The van der Waals surface area contributed by atoms with Crippen LogP contribution in [-0.2, 0) is 14.2 Å². The van der Waals surface area contributed by atoms with Crippen molar-refractivity contribution in [3.05, 3.63) is 32.1 Å². The smallest absolute Gasteiger partial charge is 0.450 e. The van der Waals surface area contributed by atoms with E-state index in [1.54, 1.807) is 0 Å². The van der Waals surface area contributed by atoms with Gasteiger partial charge in [0, 0.05) is 12.6 Å². The second kappa shape index (κ2) is 6.71. The molecule has 126 valence electrons. The molecule has 0 aromatic carbocycles. The number of nitrogens with one attached hydrogen (secondary N) is 1. The second-order valence-corrected chi connectivity index (χ2v) is 4.91. The molecule has 0 radical (unpaired) electrons. The molecule has 1 aromatic rings. The molecular weight excluding hydrogens is 340 g/mol. The van der Waals surface area contributed by atoms with Crippen LogP contribution < -0.4 is 11.2 Å². The van der Waals surface area contributed by atoms with Crippen molar-refractivity contribution in [1.82, 2.24) is 9.55 Å². The molecule has 1 fully saturated rings. The van der Waals surface area contributed by atoms with Gasteiger partial charge in [-0.2, -0.15) is 0 Å². The Morgan fingerprint density at radius 1 is 1.39 bits per heavy atom. The number of carboxylic acid groups (broad SMARTS) is 2. The van der Waals surface area contributed by atoms with Gasteiger partial charge < -0.3 is 24.4 Å². The van der Waals surface area contributed by atoms with Crippen molar-refractivity contribution in [1.29, 1.82) is 0 Å². The highest BCUT2D eigenvalue weighted by atomic mass is 35.5. The Hall–Kier alpha value is -2.53. The summed E-state index contributed by atoms with van der Waals surface area (Å²) in [5, 5.41) is 16.9. The highest BCUT2D eigenvalue weighted by Gasteiger charge is 2.40. The minimum atomic E-state index is -1.59. The number of carbonyl (C=O) groups is 2. The third kappa shape index (κ3) is 4.02. The van der Waals surface area contributed by atoms with Crippen molar-refractivity contribution < 1.29 is 34.0 Å². The van der Waals surface area contributed by atoms with Gasteiger partial charge in [-0.3, -0.25) is 14.3 Å². The van der Waals surface area contributed by atoms with Crippen molar-refractivity contribution >= 4 is 23.9 Å². The quantitative estimate of drug-likeness (QED) is 0.646. The number of rotatable bonds is 4. The van der Waals surface area contributed by atoms with Gasteiger partial charge in [0.25, 0.3) is 5.56 Å². The van der Waals surface area contributed by atoms with Gasteiger partial charge in [0.1, 0.15) is 30.1 Å². The maximum absolute atomic E-state index is 11.8. The van der Waals surface area contributed by atoms with E-state index in [9.17, 15) is 19.2 Å². The van der Waals surface area contributed by atoms with E-state index >= 15 is 0 Å². The van der Waals surface area contributed by atoms with Crippen molar-refractivity contribution in [2.45, 2.75) is 24.9 Å². The molecule has 1 saturated heterocycles. The topological polar surface area (TPSA) is 157 Å². The molecule has 3 atom stereocenters. The SMILES string of the molecule is O=C(O)OC[C@H]1O[C@@H](n2cc(Cl)c(=O)[nH]c2=O)C[C@@H]1OC(=O)O. The number of H-pyrrole nitrogens is 1. The number of halogens is 1. The first-order valence-corrected chi connectivity index (χ1v) is 6.57. The lowest BCUT2D eigenvalue weighted by Gasteiger charge is -2.16. The molecule has 23 heavy (non-hydrogen) atoms. The predicted molar refractivity (Wildman–Crippen MR) is 71.7 cm³/mol. The lowest BCUT2D eigenvalue weighted by atomic mass is 10.2. The van der Waals surface area contributed by atoms with E-state index in [0.717, 1.165) is 10.8 Å². The van der Waals surface area contributed by atoms with Gasteiger partial charge in [0.15, 0.2) is 0 Å². The minimum absolute atomic E-state index is 0.0950. The Morgan fingerprint density at radius 3 is 2.70 bits per heavy atom. The first kappa shape index (κ1) is 16.8. The van der Waals surface area contributed by atoms with Crippen molar-refractivity contribution in [2.75, 3.05) is 6.61 Å². The lowest BCUT2D eigenvalue weighted by Crippen LogP contribution is -2.33. The van der Waals surface area contributed by atoms with Crippen LogP contribution >= 0.6 is 11.6 Å². The molecule has 1 aromatic heterocycles. The van der Waals surface area contributed by atoms with Crippen LogP contribution in [0.2, 0.25) is 5.02 Å².